The molecule has 0 unspecified atom stereocenters. The molecule has 1 aromatic carbocycles. The molecule has 0 aliphatic rings. The van der Waals surface area contributed by atoms with Crippen molar-refractivity contribution >= 4 is 17.5 Å². The minimum atomic E-state index is -0.718. The van der Waals surface area contributed by atoms with Gasteiger partial charge in [-0.15, -0.1) is 0 Å². The van der Waals surface area contributed by atoms with Gasteiger partial charge >= 0.3 is 0 Å². The molecule has 0 saturated carbocycles. The Labute approximate surface area is 150 Å². The molecule has 140 valence electrons. The van der Waals surface area contributed by atoms with Crippen LogP contribution >= 0.6 is 11.6 Å². The standard InChI is InChI=1S/C10H22.C7H5ClF2.C2H5NO/c1-4-6-8-10(3)9-7-5-2;1-4-2-3-5(9)6(8)7(4)10;1-2(3)4/h10H,4-9H2,1-3H3;2-3H,1H3;1H3,(H2,3,4). The number of aryl methyl sites for hydroxylation is 1. The molecule has 0 radical (unpaired) electrons. The van der Waals surface area contributed by atoms with Gasteiger partial charge in [0.05, 0.1) is 0 Å². The first-order valence-corrected chi connectivity index (χ1v) is 8.91. The quantitative estimate of drug-likeness (QED) is 0.582. The second-order valence-electron chi connectivity index (χ2n) is 5.99. The zero-order valence-electron chi connectivity index (χ0n) is 15.6. The van der Waals surface area contributed by atoms with E-state index < -0.39 is 16.7 Å². The van der Waals surface area contributed by atoms with Crippen LogP contribution in [0.25, 0.3) is 0 Å². The lowest BCUT2D eigenvalue weighted by Gasteiger charge is -2.08. The van der Waals surface area contributed by atoms with Crippen LogP contribution in [-0.2, 0) is 4.79 Å². The van der Waals surface area contributed by atoms with Gasteiger partial charge in [0.2, 0.25) is 5.91 Å². The summed E-state index contributed by atoms with van der Waals surface area (Å²) < 4.78 is 25.0. The van der Waals surface area contributed by atoms with E-state index in [4.69, 9.17) is 11.6 Å². The fraction of sp³-hybridized carbons (Fsp3) is 0.632. The number of amides is 1. The van der Waals surface area contributed by atoms with Gasteiger partial charge in [-0.3, -0.25) is 4.79 Å². The number of unbranched alkanes of at least 4 members (excludes halogenated alkanes) is 2. The van der Waals surface area contributed by atoms with E-state index >= 15 is 0 Å². The van der Waals surface area contributed by atoms with E-state index in [1.54, 1.807) is 0 Å². The Morgan fingerprint density at radius 1 is 1.17 bits per heavy atom. The molecule has 0 aliphatic carbocycles. The molecule has 1 aromatic rings. The van der Waals surface area contributed by atoms with E-state index in [1.165, 1.54) is 58.4 Å². The lowest BCUT2D eigenvalue weighted by atomic mass is 9.98. The number of nitrogens with two attached hydrogens (primary N) is 1. The highest BCUT2D eigenvalue weighted by Crippen LogP contribution is 2.20. The molecule has 5 heteroatoms. The molecule has 1 rings (SSSR count). The van der Waals surface area contributed by atoms with E-state index in [1.807, 2.05) is 0 Å². The van der Waals surface area contributed by atoms with E-state index in [0.29, 0.717) is 5.56 Å². The fourth-order valence-corrected chi connectivity index (χ4v) is 2.08. The summed E-state index contributed by atoms with van der Waals surface area (Å²) in [5.41, 5.74) is 4.83. The summed E-state index contributed by atoms with van der Waals surface area (Å²) in [5.74, 6) is -0.758. The number of hydrogen-bond donors (Lipinski definition) is 1. The van der Waals surface area contributed by atoms with Crippen molar-refractivity contribution in [3.63, 3.8) is 0 Å². The van der Waals surface area contributed by atoms with Gasteiger partial charge in [-0.05, 0) is 24.5 Å². The van der Waals surface area contributed by atoms with E-state index in [0.717, 1.165) is 12.0 Å². The van der Waals surface area contributed by atoms with Crippen LogP contribution in [0.2, 0.25) is 5.02 Å². The monoisotopic (exact) mass is 363 g/mol. The smallest absolute Gasteiger partial charge is 0.214 e. The summed E-state index contributed by atoms with van der Waals surface area (Å²) in [7, 11) is 0. The van der Waals surface area contributed by atoms with Crippen molar-refractivity contribution in [2.24, 2.45) is 11.7 Å². The first-order chi connectivity index (χ1) is 11.2. The molecule has 0 atom stereocenters. The van der Waals surface area contributed by atoms with Crippen molar-refractivity contribution in [1.29, 1.82) is 0 Å². The molecule has 0 spiro atoms. The van der Waals surface area contributed by atoms with Crippen molar-refractivity contribution in [3.05, 3.63) is 34.4 Å². The summed E-state index contributed by atoms with van der Waals surface area (Å²) in [6, 6.07) is 2.48. The Morgan fingerprint density at radius 3 is 1.92 bits per heavy atom. The molecule has 2 nitrogen and oxygen atoms in total. The number of rotatable bonds is 6. The predicted octanol–water partition coefficient (Wildman–Crippen LogP) is 6.42. The third-order valence-electron chi connectivity index (χ3n) is 3.33. The van der Waals surface area contributed by atoms with Crippen LogP contribution in [0.1, 0.15) is 71.8 Å². The summed E-state index contributed by atoms with van der Waals surface area (Å²) in [6.07, 6.45) is 8.44. The van der Waals surface area contributed by atoms with Crippen LogP contribution in [0.5, 0.6) is 0 Å². The van der Waals surface area contributed by atoms with Crippen LogP contribution < -0.4 is 5.73 Å². The second kappa shape index (κ2) is 15.4. The number of primary amides is 1. The van der Waals surface area contributed by atoms with Crippen LogP contribution in [0.3, 0.4) is 0 Å². The Bertz CT molecular complexity index is 428. The average molecular weight is 364 g/mol. The highest BCUT2D eigenvalue weighted by atomic mass is 35.5. The molecule has 1 amide bonds. The van der Waals surface area contributed by atoms with Gasteiger partial charge in [-0.2, -0.15) is 0 Å². The minimum Gasteiger partial charge on any atom is -0.370 e. The van der Waals surface area contributed by atoms with Crippen LogP contribution in [0, 0.1) is 24.5 Å². The number of carbonyl (C=O) groups is 1. The number of hydrogen-bond acceptors (Lipinski definition) is 1. The van der Waals surface area contributed by atoms with Crippen LogP contribution in [0.4, 0.5) is 8.78 Å². The third kappa shape index (κ3) is 14.4. The zero-order valence-corrected chi connectivity index (χ0v) is 16.4. The molecular formula is C19H32ClF2NO. The minimum absolute atomic E-state index is 0.333. The fourth-order valence-electron chi connectivity index (χ4n) is 1.87. The van der Waals surface area contributed by atoms with E-state index in [-0.39, 0.29) is 5.91 Å². The Morgan fingerprint density at radius 2 is 1.58 bits per heavy atom. The molecule has 0 aromatic heterocycles. The Kier molecular flexibility index (Phi) is 16.1. The largest absolute Gasteiger partial charge is 0.370 e. The van der Waals surface area contributed by atoms with E-state index in [2.05, 4.69) is 26.5 Å². The van der Waals surface area contributed by atoms with Crippen molar-refractivity contribution < 1.29 is 13.6 Å². The van der Waals surface area contributed by atoms with Crippen LogP contribution in [0.15, 0.2) is 12.1 Å². The molecule has 24 heavy (non-hydrogen) atoms. The normalized spacial score (nSPS) is 9.71. The molecule has 2 N–H and O–H groups in total. The summed E-state index contributed by atoms with van der Waals surface area (Å²) in [6.45, 7) is 9.76. The first-order valence-electron chi connectivity index (χ1n) is 8.53. The molecular weight excluding hydrogens is 332 g/mol. The van der Waals surface area contributed by atoms with Gasteiger partial charge in [0, 0.05) is 6.92 Å². The average Bonchev–Trinajstić information content (AvgIpc) is 2.52. The maximum atomic E-state index is 12.6. The van der Waals surface area contributed by atoms with E-state index in [9.17, 15) is 13.6 Å². The number of halogens is 3. The maximum Gasteiger partial charge on any atom is 0.214 e. The molecule has 0 fully saturated rings. The van der Waals surface area contributed by atoms with Crippen molar-refractivity contribution in [3.8, 4) is 0 Å². The van der Waals surface area contributed by atoms with Gasteiger partial charge in [-0.25, -0.2) is 8.78 Å². The molecule has 0 aliphatic heterocycles. The zero-order chi connectivity index (χ0) is 19.1. The second-order valence-corrected chi connectivity index (χ2v) is 6.37. The topological polar surface area (TPSA) is 43.1 Å². The van der Waals surface area contributed by atoms with Gasteiger partial charge in [0.15, 0.2) is 0 Å². The number of carbonyl (C=O) groups excluding carboxylic acids is 1. The lowest BCUT2D eigenvalue weighted by Crippen LogP contribution is -2.01. The van der Waals surface area contributed by atoms with Gasteiger partial charge in [-0.1, -0.05) is 77.0 Å². The van der Waals surface area contributed by atoms with Gasteiger partial charge in [0.1, 0.15) is 16.7 Å². The Balaban J connectivity index is 0. The van der Waals surface area contributed by atoms with Gasteiger partial charge in [0.25, 0.3) is 0 Å². The number of benzene rings is 1. The summed E-state index contributed by atoms with van der Waals surface area (Å²) in [4.78, 5) is 9.22. The van der Waals surface area contributed by atoms with Crippen molar-refractivity contribution in [2.75, 3.05) is 0 Å². The highest BCUT2D eigenvalue weighted by molar-refractivity contribution is 6.30. The summed E-state index contributed by atoms with van der Waals surface area (Å²) in [5, 5.41) is -0.431. The lowest BCUT2D eigenvalue weighted by molar-refractivity contribution is -0.115. The SMILES string of the molecule is CC(N)=O.CCCCC(C)CCCC.Cc1ccc(F)c(Cl)c1F. The predicted molar refractivity (Wildman–Crippen MR) is 99.2 cm³/mol. The summed E-state index contributed by atoms with van der Waals surface area (Å²) >= 11 is 5.23. The molecule has 0 saturated heterocycles. The Hall–Kier alpha value is -1.16. The van der Waals surface area contributed by atoms with Crippen molar-refractivity contribution in [2.45, 2.75) is 73.1 Å². The van der Waals surface area contributed by atoms with Crippen LogP contribution in [-0.4, -0.2) is 5.91 Å². The molecule has 0 heterocycles. The highest BCUT2D eigenvalue weighted by Gasteiger charge is 2.07. The van der Waals surface area contributed by atoms with Crippen molar-refractivity contribution in [1.82, 2.24) is 0 Å². The third-order valence-corrected chi connectivity index (χ3v) is 3.68. The molecule has 0 bridgehead atoms. The van der Waals surface area contributed by atoms with Gasteiger partial charge < -0.3 is 5.73 Å². The maximum absolute atomic E-state index is 12.6. The first kappa shape index (κ1) is 25.1.